The number of piperidine rings is 1. The minimum absolute atomic E-state index is 0.0229. The van der Waals surface area contributed by atoms with E-state index in [0.29, 0.717) is 27.3 Å². The summed E-state index contributed by atoms with van der Waals surface area (Å²) in [4.78, 5) is 39.1. The topological polar surface area (TPSA) is 79.0 Å². The highest BCUT2D eigenvalue weighted by Gasteiger charge is 2.26. The monoisotopic (exact) mass is 396 g/mol. The van der Waals surface area contributed by atoms with Crippen LogP contribution in [-0.4, -0.2) is 38.8 Å². The zero-order valence-corrected chi connectivity index (χ0v) is 16.8. The Morgan fingerprint density at radius 3 is 2.86 bits per heavy atom. The minimum atomic E-state index is -0.229. The van der Waals surface area contributed by atoms with Crippen LogP contribution >= 0.6 is 11.3 Å². The molecule has 0 radical (unpaired) electrons. The lowest BCUT2D eigenvalue weighted by Gasteiger charge is -2.32. The average molecular weight is 397 g/mol. The molecule has 0 aromatic carbocycles. The van der Waals surface area contributed by atoms with Gasteiger partial charge in [0.2, 0.25) is 0 Å². The molecule has 0 bridgehead atoms. The number of nitrogens with zero attached hydrogens (tertiary/aromatic N) is 3. The zero-order chi connectivity index (χ0) is 19.5. The van der Waals surface area contributed by atoms with Crippen LogP contribution in [0.1, 0.15) is 49.4 Å². The number of carbonyl (C=O) groups excluding carboxylic acids is 1. The van der Waals surface area contributed by atoms with Crippen LogP contribution in [0.25, 0.3) is 21.7 Å². The van der Waals surface area contributed by atoms with Crippen LogP contribution in [0.2, 0.25) is 0 Å². The normalized spacial score (nSPS) is 15.2. The first-order valence-corrected chi connectivity index (χ1v) is 10.8. The minimum Gasteiger partial charge on any atom is -0.339 e. The van der Waals surface area contributed by atoms with Gasteiger partial charge in [0.15, 0.2) is 5.82 Å². The maximum Gasteiger partial charge on any atom is 0.269 e. The van der Waals surface area contributed by atoms with Crippen molar-refractivity contribution in [3.05, 3.63) is 45.7 Å². The van der Waals surface area contributed by atoms with Gasteiger partial charge in [0, 0.05) is 24.7 Å². The number of amides is 1. The fourth-order valence-electron chi connectivity index (χ4n) is 3.79. The number of rotatable bonds is 5. The molecule has 1 aliphatic heterocycles. The molecule has 3 aromatic rings. The molecular formula is C21H24N4O2S. The summed E-state index contributed by atoms with van der Waals surface area (Å²) in [5.41, 5.74) is 1.36. The maximum absolute atomic E-state index is 13.1. The highest BCUT2D eigenvalue weighted by molar-refractivity contribution is 7.17. The van der Waals surface area contributed by atoms with Crippen molar-refractivity contribution in [2.24, 2.45) is 5.92 Å². The SMILES string of the molecule is CCCCC1CCN(C(=O)c2csc3c(=O)[nH]c(-c4ccccn4)nc23)CC1. The molecule has 0 aliphatic carbocycles. The number of pyridine rings is 1. The summed E-state index contributed by atoms with van der Waals surface area (Å²) in [6.45, 7) is 3.77. The van der Waals surface area contributed by atoms with Crippen molar-refractivity contribution in [2.45, 2.75) is 39.0 Å². The van der Waals surface area contributed by atoms with Crippen LogP contribution in [0.5, 0.6) is 0 Å². The van der Waals surface area contributed by atoms with E-state index in [2.05, 4.69) is 21.9 Å². The van der Waals surface area contributed by atoms with E-state index < -0.39 is 0 Å². The van der Waals surface area contributed by atoms with Gasteiger partial charge in [-0.15, -0.1) is 11.3 Å². The van der Waals surface area contributed by atoms with Gasteiger partial charge in [-0.05, 0) is 30.9 Å². The second-order valence-electron chi connectivity index (χ2n) is 7.33. The fourth-order valence-corrected chi connectivity index (χ4v) is 4.67. The quantitative estimate of drug-likeness (QED) is 0.704. The molecule has 0 saturated carbocycles. The van der Waals surface area contributed by atoms with Crippen molar-refractivity contribution in [2.75, 3.05) is 13.1 Å². The molecular weight excluding hydrogens is 372 g/mol. The number of carbonyl (C=O) groups is 1. The Morgan fingerprint density at radius 2 is 2.14 bits per heavy atom. The third-order valence-corrected chi connectivity index (χ3v) is 6.40. The van der Waals surface area contributed by atoms with Crippen molar-refractivity contribution in [1.29, 1.82) is 0 Å². The fraction of sp³-hybridized carbons (Fsp3) is 0.429. The Kier molecular flexibility index (Phi) is 5.52. The zero-order valence-electron chi connectivity index (χ0n) is 16.0. The Labute approximate surface area is 167 Å². The number of nitrogens with one attached hydrogen (secondary N) is 1. The van der Waals surface area contributed by atoms with Crippen LogP contribution in [0.4, 0.5) is 0 Å². The predicted molar refractivity (Wildman–Crippen MR) is 112 cm³/mol. The standard InChI is InChI=1S/C21H24N4O2S/c1-2-3-6-14-8-11-25(12-9-14)21(27)15-13-28-18-17(15)23-19(24-20(18)26)16-7-4-5-10-22-16/h4-5,7,10,13-14H,2-3,6,8-9,11-12H2,1H3,(H,23,24,26). The lowest BCUT2D eigenvalue weighted by atomic mass is 9.91. The summed E-state index contributed by atoms with van der Waals surface area (Å²) < 4.78 is 0.487. The van der Waals surface area contributed by atoms with E-state index in [-0.39, 0.29) is 11.5 Å². The van der Waals surface area contributed by atoms with E-state index in [1.54, 1.807) is 17.6 Å². The predicted octanol–water partition coefficient (Wildman–Crippen LogP) is 4.09. The van der Waals surface area contributed by atoms with Crippen molar-refractivity contribution in [1.82, 2.24) is 19.9 Å². The van der Waals surface area contributed by atoms with Gasteiger partial charge in [0.25, 0.3) is 11.5 Å². The Morgan fingerprint density at radius 1 is 1.32 bits per heavy atom. The van der Waals surface area contributed by atoms with Gasteiger partial charge in [0.1, 0.15) is 15.9 Å². The Bertz CT molecular complexity index is 1020. The first kappa shape index (κ1) is 18.8. The summed E-state index contributed by atoms with van der Waals surface area (Å²) in [5.74, 6) is 1.09. The maximum atomic E-state index is 13.1. The summed E-state index contributed by atoms with van der Waals surface area (Å²) in [6.07, 6.45) is 7.50. The molecule has 1 saturated heterocycles. The van der Waals surface area contributed by atoms with Gasteiger partial charge in [-0.25, -0.2) is 4.98 Å². The van der Waals surface area contributed by atoms with E-state index in [4.69, 9.17) is 0 Å². The Hall–Kier alpha value is -2.54. The number of H-pyrrole nitrogens is 1. The second-order valence-corrected chi connectivity index (χ2v) is 8.21. The number of fused-ring (bicyclic) bond motifs is 1. The molecule has 6 nitrogen and oxygen atoms in total. The molecule has 28 heavy (non-hydrogen) atoms. The largest absolute Gasteiger partial charge is 0.339 e. The third-order valence-electron chi connectivity index (χ3n) is 5.43. The van der Waals surface area contributed by atoms with Gasteiger partial charge in [0.05, 0.1) is 5.56 Å². The summed E-state index contributed by atoms with van der Waals surface area (Å²) in [6, 6.07) is 5.44. The highest BCUT2D eigenvalue weighted by Crippen LogP contribution is 2.27. The molecule has 0 atom stereocenters. The number of likely N-dealkylation sites (tertiary alicyclic amines) is 1. The van der Waals surface area contributed by atoms with Crippen molar-refractivity contribution < 1.29 is 4.79 Å². The molecule has 0 unspecified atom stereocenters. The first-order valence-electron chi connectivity index (χ1n) is 9.89. The van der Waals surface area contributed by atoms with Gasteiger partial charge in [-0.3, -0.25) is 14.6 Å². The van der Waals surface area contributed by atoms with Crippen LogP contribution in [-0.2, 0) is 0 Å². The molecule has 1 fully saturated rings. The highest BCUT2D eigenvalue weighted by atomic mass is 32.1. The first-order chi connectivity index (χ1) is 13.7. The van der Waals surface area contributed by atoms with Crippen LogP contribution < -0.4 is 5.56 Å². The molecule has 1 amide bonds. The van der Waals surface area contributed by atoms with Gasteiger partial charge in [-0.2, -0.15) is 0 Å². The molecule has 1 aliphatic rings. The average Bonchev–Trinajstić information content (AvgIpc) is 3.17. The number of unbranched alkanes of at least 4 members (excludes halogenated alkanes) is 1. The van der Waals surface area contributed by atoms with Gasteiger partial charge < -0.3 is 9.88 Å². The second kappa shape index (κ2) is 8.22. The van der Waals surface area contributed by atoms with Crippen molar-refractivity contribution in [3.8, 4) is 11.5 Å². The molecule has 146 valence electrons. The number of aromatic amines is 1. The molecule has 3 aromatic heterocycles. The van der Waals surface area contributed by atoms with E-state index >= 15 is 0 Å². The number of hydrogen-bond acceptors (Lipinski definition) is 5. The van der Waals surface area contributed by atoms with Crippen molar-refractivity contribution >= 4 is 27.5 Å². The molecule has 7 heteroatoms. The smallest absolute Gasteiger partial charge is 0.269 e. The van der Waals surface area contributed by atoms with Crippen LogP contribution in [0.3, 0.4) is 0 Å². The lowest BCUT2D eigenvalue weighted by molar-refractivity contribution is 0.0688. The van der Waals surface area contributed by atoms with E-state index in [0.717, 1.165) is 31.8 Å². The Balaban J connectivity index is 1.60. The molecule has 0 spiro atoms. The van der Waals surface area contributed by atoms with Crippen molar-refractivity contribution in [3.63, 3.8) is 0 Å². The van der Waals surface area contributed by atoms with E-state index in [1.807, 2.05) is 17.0 Å². The number of hydrogen-bond donors (Lipinski definition) is 1. The van der Waals surface area contributed by atoms with Crippen LogP contribution in [0.15, 0.2) is 34.6 Å². The number of aromatic nitrogens is 3. The van der Waals surface area contributed by atoms with E-state index in [9.17, 15) is 9.59 Å². The van der Waals surface area contributed by atoms with Gasteiger partial charge in [-0.1, -0.05) is 32.3 Å². The molecule has 4 heterocycles. The third kappa shape index (κ3) is 3.71. The summed E-state index contributed by atoms with van der Waals surface area (Å²) in [5, 5.41) is 1.76. The lowest BCUT2D eigenvalue weighted by Crippen LogP contribution is -2.38. The van der Waals surface area contributed by atoms with Gasteiger partial charge >= 0.3 is 0 Å². The summed E-state index contributed by atoms with van der Waals surface area (Å²) in [7, 11) is 0. The molecule has 1 N–H and O–H groups in total. The molecule has 4 rings (SSSR count). The van der Waals surface area contributed by atoms with Crippen LogP contribution in [0, 0.1) is 5.92 Å². The summed E-state index contributed by atoms with van der Waals surface area (Å²) >= 11 is 1.27. The van der Waals surface area contributed by atoms with E-state index in [1.165, 1.54) is 30.6 Å². The number of thiophene rings is 1.